The summed E-state index contributed by atoms with van der Waals surface area (Å²) in [6.07, 6.45) is 0. The molecular formula is C13H18O2S. The molecule has 1 aromatic rings. The molecule has 0 saturated heterocycles. The van der Waals surface area contributed by atoms with Gasteiger partial charge in [0.1, 0.15) is 0 Å². The van der Waals surface area contributed by atoms with E-state index in [1.807, 2.05) is 36.0 Å². The van der Waals surface area contributed by atoms with E-state index in [9.17, 15) is 4.79 Å². The summed E-state index contributed by atoms with van der Waals surface area (Å²) in [5.41, 5.74) is 0.862. The Morgan fingerprint density at radius 3 is 2.25 bits per heavy atom. The van der Waals surface area contributed by atoms with Gasteiger partial charge in [0.05, 0.1) is 5.92 Å². The Kier molecular flexibility index (Phi) is 4.87. The second kappa shape index (κ2) is 5.94. The van der Waals surface area contributed by atoms with Crippen molar-refractivity contribution in [1.29, 1.82) is 0 Å². The van der Waals surface area contributed by atoms with Crippen LogP contribution in [-0.4, -0.2) is 16.8 Å². The van der Waals surface area contributed by atoms with Crippen LogP contribution in [0, 0.1) is 5.92 Å². The van der Waals surface area contributed by atoms with Gasteiger partial charge in [-0.1, -0.05) is 26.0 Å². The van der Waals surface area contributed by atoms with E-state index in [0.717, 1.165) is 11.3 Å². The fraction of sp³-hybridized carbons (Fsp3) is 0.462. The Morgan fingerprint density at radius 2 is 1.81 bits per heavy atom. The van der Waals surface area contributed by atoms with Crippen LogP contribution in [0.25, 0.3) is 0 Å². The first-order chi connectivity index (χ1) is 7.50. The molecule has 0 radical (unpaired) electrons. The van der Waals surface area contributed by atoms with Crippen LogP contribution in [-0.2, 0) is 4.79 Å². The minimum Gasteiger partial charge on any atom is -0.481 e. The predicted molar refractivity (Wildman–Crippen MR) is 68.1 cm³/mol. The van der Waals surface area contributed by atoms with Crippen molar-refractivity contribution in [2.45, 2.75) is 31.6 Å². The zero-order valence-electron chi connectivity index (χ0n) is 9.93. The highest BCUT2D eigenvalue weighted by molar-refractivity contribution is 7.99. The molecule has 1 atom stereocenters. The maximum absolute atomic E-state index is 10.8. The molecule has 0 amide bonds. The molecule has 16 heavy (non-hydrogen) atoms. The summed E-state index contributed by atoms with van der Waals surface area (Å²) in [5.74, 6) is 0.558. The van der Waals surface area contributed by atoms with Crippen LogP contribution in [0.2, 0.25) is 0 Å². The molecule has 0 aliphatic rings. The maximum atomic E-state index is 10.8. The SMILES string of the molecule is CC(C)CSc1ccc(C(C)C(=O)O)cc1. The van der Waals surface area contributed by atoms with Crippen molar-refractivity contribution in [2.24, 2.45) is 5.92 Å². The van der Waals surface area contributed by atoms with E-state index in [1.165, 1.54) is 4.90 Å². The van der Waals surface area contributed by atoms with Crippen molar-refractivity contribution in [2.75, 3.05) is 5.75 Å². The molecule has 0 aromatic heterocycles. The minimum absolute atomic E-state index is 0.427. The van der Waals surface area contributed by atoms with E-state index in [1.54, 1.807) is 6.92 Å². The van der Waals surface area contributed by atoms with Gasteiger partial charge in [-0.05, 0) is 30.5 Å². The molecule has 0 aliphatic carbocycles. The fourth-order valence-electron chi connectivity index (χ4n) is 1.26. The van der Waals surface area contributed by atoms with Gasteiger partial charge in [0.15, 0.2) is 0 Å². The molecule has 1 aromatic carbocycles. The van der Waals surface area contributed by atoms with Gasteiger partial charge in [0.2, 0.25) is 0 Å². The molecule has 0 saturated carbocycles. The lowest BCUT2D eigenvalue weighted by Gasteiger charge is -2.08. The molecule has 0 bridgehead atoms. The molecule has 0 aliphatic heterocycles. The first-order valence-corrected chi connectivity index (χ1v) is 6.45. The van der Waals surface area contributed by atoms with Gasteiger partial charge in [0, 0.05) is 10.6 Å². The summed E-state index contributed by atoms with van der Waals surface area (Å²) in [6, 6.07) is 7.81. The average Bonchev–Trinajstić information content (AvgIpc) is 2.26. The van der Waals surface area contributed by atoms with E-state index < -0.39 is 11.9 Å². The standard InChI is InChI=1S/C13H18O2S/c1-9(2)8-16-12-6-4-11(5-7-12)10(3)13(14)15/h4-7,9-10H,8H2,1-3H3,(H,14,15). The van der Waals surface area contributed by atoms with E-state index >= 15 is 0 Å². The average molecular weight is 238 g/mol. The summed E-state index contributed by atoms with van der Waals surface area (Å²) < 4.78 is 0. The van der Waals surface area contributed by atoms with E-state index in [2.05, 4.69) is 13.8 Å². The second-order valence-electron chi connectivity index (χ2n) is 4.33. The summed E-state index contributed by atoms with van der Waals surface area (Å²) in [7, 11) is 0. The lowest BCUT2D eigenvalue weighted by molar-refractivity contribution is -0.138. The number of aliphatic carboxylic acids is 1. The van der Waals surface area contributed by atoms with Crippen LogP contribution >= 0.6 is 11.8 Å². The second-order valence-corrected chi connectivity index (χ2v) is 5.43. The topological polar surface area (TPSA) is 37.3 Å². The third kappa shape index (κ3) is 3.89. The van der Waals surface area contributed by atoms with Crippen molar-refractivity contribution >= 4 is 17.7 Å². The quantitative estimate of drug-likeness (QED) is 0.796. The zero-order chi connectivity index (χ0) is 12.1. The molecule has 1 unspecified atom stereocenters. The van der Waals surface area contributed by atoms with E-state index in [0.29, 0.717) is 5.92 Å². The Balaban J connectivity index is 2.64. The van der Waals surface area contributed by atoms with Crippen LogP contribution in [0.3, 0.4) is 0 Å². The molecule has 1 N–H and O–H groups in total. The van der Waals surface area contributed by atoms with Crippen LogP contribution in [0.1, 0.15) is 32.3 Å². The normalized spacial score (nSPS) is 12.8. The van der Waals surface area contributed by atoms with Gasteiger partial charge in [-0.25, -0.2) is 0 Å². The highest BCUT2D eigenvalue weighted by Gasteiger charge is 2.12. The Labute approximate surface area is 101 Å². The minimum atomic E-state index is -0.775. The first-order valence-electron chi connectivity index (χ1n) is 5.46. The Morgan fingerprint density at radius 1 is 1.25 bits per heavy atom. The third-order valence-electron chi connectivity index (χ3n) is 2.33. The van der Waals surface area contributed by atoms with Crippen LogP contribution in [0.15, 0.2) is 29.2 Å². The van der Waals surface area contributed by atoms with E-state index in [-0.39, 0.29) is 0 Å². The van der Waals surface area contributed by atoms with Gasteiger partial charge in [0.25, 0.3) is 0 Å². The highest BCUT2D eigenvalue weighted by Crippen LogP contribution is 2.23. The van der Waals surface area contributed by atoms with Crippen LogP contribution < -0.4 is 0 Å². The van der Waals surface area contributed by atoms with E-state index in [4.69, 9.17) is 5.11 Å². The zero-order valence-corrected chi connectivity index (χ0v) is 10.8. The molecule has 2 nitrogen and oxygen atoms in total. The van der Waals surface area contributed by atoms with Crippen molar-refractivity contribution in [1.82, 2.24) is 0 Å². The lowest BCUT2D eigenvalue weighted by Crippen LogP contribution is -2.06. The lowest BCUT2D eigenvalue weighted by atomic mass is 10.0. The third-order valence-corrected chi connectivity index (χ3v) is 3.77. The first kappa shape index (κ1) is 13.1. The molecule has 3 heteroatoms. The summed E-state index contributed by atoms with van der Waals surface area (Å²) in [5, 5.41) is 8.88. The van der Waals surface area contributed by atoms with Gasteiger partial charge in [-0.15, -0.1) is 11.8 Å². The Bertz CT molecular complexity index is 343. The monoisotopic (exact) mass is 238 g/mol. The molecule has 88 valence electrons. The number of carboxylic acids is 1. The highest BCUT2D eigenvalue weighted by atomic mass is 32.2. The molecule has 0 heterocycles. The molecule has 0 fully saturated rings. The van der Waals surface area contributed by atoms with Crippen molar-refractivity contribution in [3.8, 4) is 0 Å². The predicted octanol–water partition coefficient (Wildman–Crippen LogP) is 3.62. The molecular weight excluding hydrogens is 220 g/mol. The van der Waals surface area contributed by atoms with Crippen molar-refractivity contribution in [3.63, 3.8) is 0 Å². The number of hydrogen-bond acceptors (Lipinski definition) is 2. The van der Waals surface area contributed by atoms with Crippen LogP contribution in [0.4, 0.5) is 0 Å². The smallest absolute Gasteiger partial charge is 0.310 e. The summed E-state index contributed by atoms with van der Waals surface area (Å²) in [4.78, 5) is 12.0. The largest absolute Gasteiger partial charge is 0.481 e. The van der Waals surface area contributed by atoms with Gasteiger partial charge in [-0.3, -0.25) is 4.79 Å². The van der Waals surface area contributed by atoms with Crippen molar-refractivity contribution in [3.05, 3.63) is 29.8 Å². The number of hydrogen-bond donors (Lipinski definition) is 1. The van der Waals surface area contributed by atoms with Crippen LogP contribution in [0.5, 0.6) is 0 Å². The Hall–Kier alpha value is -0.960. The number of thioether (sulfide) groups is 1. The maximum Gasteiger partial charge on any atom is 0.310 e. The fourth-order valence-corrected chi connectivity index (χ4v) is 2.11. The number of benzene rings is 1. The van der Waals surface area contributed by atoms with Crippen molar-refractivity contribution < 1.29 is 9.90 Å². The molecule has 1 rings (SSSR count). The van der Waals surface area contributed by atoms with Gasteiger partial charge >= 0.3 is 5.97 Å². The summed E-state index contributed by atoms with van der Waals surface area (Å²) >= 11 is 1.81. The number of rotatable bonds is 5. The number of carbonyl (C=O) groups is 1. The molecule has 0 spiro atoms. The van der Waals surface area contributed by atoms with Gasteiger partial charge < -0.3 is 5.11 Å². The number of carboxylic acid groups (broad SMARTS) is 1. The summed E-state index contributed by atoms with van der Waals surface area (Å²) in [6.45, 7) is 6.08. The van der Waals surface area contributed by atoms with Gasteiger partial charge in [-0.2, -0.15) is 0 Å².